The number of aliphatic hydroxyl groups excluding tert-OH is 12. The number of aliphatic hydroxyl groups is 12. The van der Waals surface area contributed by atoms with E-state index in [9.17, 15) is 61.3 Å². The second-order valence-corrected chi connectivity index (χ2v) is 20.8. The van der Waals surface area contributed by atoms with Gasteiger partial charge in [-0.2, -0.15) is 0 Å². The van der Waals surface area contributed by atoms with Gasteiger partial charge in [0.25, 0.3) is 0 Å². The van der Waals surface area contributed by atoms with Gasteiger partial charge in [0.2, 0.25) is 0 Å². The second-order valence-electron chi connectivity index (χ2n) is 20.8. The molecule has 7 rings (SSSR count). The third kappa shape index (κ3) is 6.21. The quantitative estimate of drug-likeness (QED) is 0.0998. The highest BCUT2D eigenvalue weighted by Gasteiger charge is 2.72. The average Bonchev–Trinajstić information content (AvgIpc) is 3.18. The van der Waals surface area contributed by atoms with Gasteiger partial charge < -0.3 is 80.2 Å². The fourth-order valence-corrected chi connectivity index (χ4v) is 13.9. The Hall–Kier alpha value is -0.900. The lowest BCUT2D eigenvalue weighted by Gasteiger charge is -2.72. The third-order valence-electron chi connectivity index (χ3n) is 17.8. The number of fused-ring (bicyclic) bond motifs is 7. The van der Waals surface area contributed by atoms with Crippen molar-refractivity contribution >= 4 is 0 Å². The summed E-state index contributed by atoms with van der Waals surface area (Å²) in [5.41, 5.74) is -2.86. The van der Waals surface area contributed by atoms with Crippen LogP contribution in [0.2, 0.25) is 0 Å². The van der Waals surface area contributed by atoms with E-state index in [2.05, 4.69) is 26.8 Å². The predicted molar refractivity (Wildman–Crippen MR) is 203 cm³/mol. The maximum Gasteiger partial charge on any atom is 0.187 e. The Labute approximate surface area is 340 Å². The molecular weight excluding hydrogens is 760 g/mol. The largest absolute Gasteiger partial charge is 0.396 e. The Morgan fingerprint density at radius 1 is 0.655 bits per heavy atom. The summed E-state index contributed by atoms with van der Waals surface area (Å²) in [5.74, 6) is -0.335. The van der Waals surface area contributed by atoms with E-state index < -0.39 is 127 Å². The van der Waals surface area contributed by atoms with Crippen molar-refractivity contribution in [3.05, 3.63) is 11.6 Å². The number of hydrogen-bond donors (Lipinski definition) is 12. The van der Waals surface area contributed by atoms with Gasteiger partial charge in [0.15, 0.2) is 12.6 Å². The molecule has 0 aromatic carbocycles. The van der Waals surface area contributed by atoms with Crippen LogP contribution in [0.1, 0.15) is 86.5 Å². The lowest BCUT2D eigenvalue weighted by atomic mass is 9.33. The molecule has 0 bridgehead atoms. The SMILES string of the molecule is CC1(C)C[C@H]2C3=CC[C@@H]4[C@@]5(C)CC[C@H](O[C@@H]6O[C@H](CO)[C@@H](O)[C@H](O)[C@H]6O[C@@H]6O[C@H](CO)[C@H](O)[C@H](O)[C@H]6O)[C@@](C)(CO)C5CC[C@@]4(C)[C@]3(C)C[C@@H](O)[C@@]2(CO)[C@@H](O)[C@@H]1O. The molecule has 58 heavy (non-hydrogen) atoms. The van der Waals surface area contributed by atoms with Gasteiger partial charge in [-0.15, -0.1) is 0 Å². The molecule has 16 nitrogen and oxygen atoms in total. The van der Waals surface area contributed by atoms with Gasteiger partial charge in [-0.25, -0.2) is 0 Å². The van der Waals surface area contributed by atoms with Gasteiger partial charge >= 0.3 is 0 Å². The third-order valence-corrected chi connectivity index (χ3v) is 17.8. The molecule has 5 aliphatic carbocycles. The van der Waals surface area contributed by atoms with Gasteiger partial charge in [-0.1, -0.05) is 53.2 Å². The van der Waals surface area contributed by atoms with Crippen LogP contribution in [-0.4, -0.2) is 174 Å². The van der Waals surface area contributed by atoms with Gasteiger partial charge in [0.1, 0.15) is 48.8 Å². The molecule has 2 saturated heterocycles. The molecule has 7 aliphatic rings. The summed E-state index contributed by atoms with van der Waals surface area (Å²) in [6.45, 7) is 10.5. The molecule has 334 valence electrons. The summed E-state index contributed by atoms with van der Waals surface area (Å²) in [6.07, 6.45) is -13.7. The molecule has 0 spiro atoms. The van der Waals surface area contributed by atoms with E-state index >= 15 is 0 Å². The zero-order valence-corrected chi connectivity index (χ0v) is 34.7. The van der Waals surface area contributed by atoms with Crippen molar-refractivity contribution in [2.45, 2.75) is 172 Å². The van der Waals surface area contributed by atoms with Crippen LogP contribution in [0.3, 0.4) is 0 Å². The van der Waals surface area contributed by atoms with Gasteiger partial charge in [0.05, 0.1) is 56.3 Å². The number of hydrogen-bond acceptors (Lipinski definition) is 16. The van der Waals surface area contributed by atoms with Crippen molar-refractivity contribution in [2.75, 3.05) is 26.4 Å². The first kappa shape index (κ1) is 45.1. The standard InChI is InChI=1S/C42H70O16/c1-37(2)13-20-19-7-8-24-38(3)11-10-26(57-36-32(30(51)28(49)22(16-44)56-36)58-35-31(52)29(50)27(48)21(15-43)55-35)39(4,17-45)23(38)9-12-40(24,5)41(19,6)14-25(47)42(20,18-46)34(54)33(37)53/h7,20-36,43-54H,8-18H2,1-6H3/t20-,21+,22+,23?,24+,25+,26-,27-,28+,29-,30-,31+,32+,33-,34-,35-,36-,38-,39-,40+,41+,42-/m0/s1. The topological polar surface area (TPSA) is 280 Å². The minimum Gasteiger partial charge on any atom is -0.396 e. The molecule has 16 heteroatoms. The molecule has 2 heterocycles. The van der Waals surface area contributed by atoms with Crippen LogP contribution < -0.4 is 0 Å². The van der Waals surface area contributed by atoms with Crippen LogP contribution in [0.4, 0.5) is 0 Å². The zero-order valence-electron chi connectivity index (χ0n) is 34.7. The Bertz CT molecular complexity index is 1530. The average molecular weight is 831 g/mol. The van der Waals surface area contributed by atoms with Crippen LogP contribution in [0.25, 0.3) is 0 Å². The minimum absolute atomic E-state index is 0.0893. The normalized spacial score (nSPS) is 56.7. The molecule has 1 unspecified atom stereocenters. The van der Waals surface area contributed by atoms with E-state index in [1.165, 1.54) is 0 Å². The highest BCUT2D eigenvalue weighted by atomic mass is 16.8. The number of ether oxygens (including phenoxy) is 4. The molecule has 2 aliphatic heterocycles. The van der Waals surface area contributed by atoms with Gasteiger partial charge in [-0.05, 0) is 84.4 Å². The summed E-state index contributed by atoms with van der Waals surface area (Å²) < 4.78 is 24.2. The van der Waals surface area contributed by atoms with Gasteiger partial charge in [0, 0.05) is 5.41 Å². The van der Waals surface area contributed by atoms with Crippen molar-refractivity contribution in [2.24, 2.45) is 50.2 Å². The molecule has 0 amide bonds. The molecule has 4 saturated carbocycles. The smallest absolute Gasteiger partial charge is 0.187 e. The summed E-state index contributed by atoms with van der Waals surface area (Å²) in [5, 5.41) is 131. The number of rotatable bonds is 8. The first-order valence-electron chi connectivity index (χ1n) is 21.3. The highest BCUT2D eigenvalue weighted by molar-refractivity contribution is 5.36. The molecule has 0 aromatic rings. The van der Waals surface area contributed by atoms with Crippen molar-refractivity contribution < 1.29 is 80.2 Å². The monoisotopic (exact) mass is 830 g/mol. The Morgan fingerprint density at radius 2 is 1.28 bits per heavy atom. The van der Waals surface area contributed by atoms with Crippen LogP contribution in [0.5, 0.6) is 0 Å². The zero-order chi connectivity index (χ0) is 42.7. The van der Waals surface area contributed by atoms with E-state index in [0.29, 0.717) is 38.5 Å². The number of allylic oxidation sites excluding steroid dienone is 2. The van der Waals surface area contributed by atoms with Crippen LogP contribution in [-0.2, 0) is 18.9 Å². The molecule has 0 aromatic heterocycles. The van der Waals surface area contributed by atoms with Crippen LogP contribution >= 0.6 is 0 Å². The fraction of sp³-hybridized carbons (Fsp3) is 0.952. The fourth-order valence-electron chi connectivity index (χ4n) is 13.9. The Balaban J connectivity index is 1.18. The van der Waals surface area contributed by atoms with Crippen molar-refractivity contribution in [1.82, 2.24) is 0 Å². The van der Waals surface area contributed by atoms with Crippen molar-refractivity contribution in [3.8, 4) is 0 Å². The molecule has 0 radical (unpaired) electrons. The molecule has 22 atom stereocenters. The first-order valence-corrected chi connectivity index (χ1v) is 21.3. The Kier molecular flexibility index (Phi) is 12.0. The summed E-state index contributed by atoms with van der Waals surface area (Å²) in [6, 6.07) is 0. The first-order chi connectivity index (χ1) is 27.1. The maximum absolute atomic E-state index is 12.1. The van der Waals surface area contributed by atoms with E-state index in [1.807, 2.05) is 20.8 Å². The van der Waals surface area contributed by atoms with E-state index in [-0.39, 0.29) is 35.2 Å². The lowest BCUT2D eigenvalue weighted by Crippen LogP contribution is -2.72. The summed E-state index contributed by atoms with van der Waals surface area (Å²) in [4.78, 5) is 0. The van der Waals surface area contributed by atoms with Crippen molar-refractivity contribution in [3.63, 3.8) is 0 Å². The van der Waals surface area contributed by atoms with E-state index in [1.54, 1.807) is 0 Å². The molecular formula is C42H70O16. The Morgan fingerprint density at radius 3 is 1.88 bits per heavy atom. The second kappa shape index (κ2) is 15.4. The van der Waals surface area contributed by atoms with E-state index in [0.717, 1.165) is 12.0 Å². The van der Waals surface area contributed by atoms with Crippen molar-refractivity contribution in [1.29, 1.82) is 0 Å². The highest BCUT2D eigenvalue weighted by Crippen LogP contribution is 2.76. The molecule has 6 fully saturated rings. The lowest BCUT2D eigenvalue weighted by molar-refractivity contribution is -0.379. The summed E-state index contributed by atoms with van der Waals surface area (Å²) >= 11 is 0. The predicted octanol–water partition coefficient (Wildman–Crippen LogP) is -1.33. The van der Waals surface area contributed by atoms with E-state index in [4.69, 9.17) is 18.9 Å². The minimum atomic E-state index is -1.81. The van der Waals surface area contributed by atoms with Crippen LogP contribution in [0, 0.1) is 50.2 Å². The molecule has 12 N–H and O–H groups in total. The maximum atomic E-state index is 12.1. The van der Waals surface area contributed by atoms with Crippen LogP contribution in [0.15, 0.2) is 11.6 Å². The van der Waals surface area contributed by atoms with Gasteiger partial charge in [-0.3, -0.25) is 0 Å². The summed E-state index contributed by atoms with van der Waals surface area (Å²) in [7, 11) is 0.